The van der Waals surface area contributed by atoms with Crippen molar-refractivity contribution in [2.24, 2.45) is 0 Å². The van der Waals surface area contributed by atoms with E-state index in [0.29, 0.717) is 6.10 Å². The number of halogens is 1. The first-order chi connectivity index (χ1) is 6.84. The number of nitrogens with one attached hydrogen (secondary N) is 1. The first kappa shape index (κ1) is 10.2. The molecule has 14 heavy (non-hydrogen) atoms. The van der Waals surface area contributed by atoms with Crippen molar-refractivity contribution in [2.45, 2.75) is 18.9 Å². The molecule has 0 radical (unpaired) electrons. The molecule has 2 nitrogen and oxygen atoms in total. The second kappa shape index (κ2) is 4.98. The summed E-state index contributed by atoms with van der Waals surface area (Å²) < 4.78 is 7.09. The van der Waals surface area contributed by atoms with E-state index in [1.165, 1.54) is 16.4 Å². The molecule has 0 bridgehead atoms. The van der Waals surface area contributed by atoms with Crippen LogP contribution in [0.4, 0.5) is 0 Å². The molecule has 0 unspecified atom stereocenters. The summed E-state index contributed by atoms with van der Waals surface area (Å²) in [4.78, 5) is 0. The van der Waals surface area contributed by atoms with Gasteiger partial charge in [0.2, 0.25) is 0 Å². The Morgan fingerprint density at radius 3 is 2.71 bits per heavy atom. The van der Waals surface area contributed by atoms with Crippen molar-refractivity contribution in [2.75, 3.05) is 13.1 Å². The molecule has 1 aromatic carbocycles. The summed E-state index contributed by atoms with van der Waals surface area (Å²) in [5.74, 6) is 0.985. The average Bonchev–Trinajstić information content (AvgIpc) is 2.23. The van der Waals surface area contributed by atoms with Crippen LogP contribution < -0.4 is 10.1 Å². The van der Waals surface area contributed by atoms with Crippen molar-refractivity contribution in [3.8, 4) is 5.75 Å². The molecule has 1 atom stereocenters. The smallest absolute Gasteiger partial charge is 0.119 e. The van der Waals surface area contributed by atoms with Crippen molar-refractivity contribution >= 4 is 22.6 Å². The molecule has 3 heteroatoms. The van der Waals surface area contributed by atoms with Gasteiger partial charge in [-0.3, -0.25) is 0 Å². The van der Waals surface area contributed by atoms with Gasteiger partial charge in [-0.05, 0) is 66.2 Å². The van der Waals surface area contributed by atoms with E-state index in [2.05, 4.69) is 40.0 Å². The van der Waals surface area contributed by atoms with Gasteiger partial charge in [0.05, 0.1) is 0 Å². The van der Waals surface area contributed by atoms with Crippen LogP contribution in [0.2, 0.25) is 0 Å². The summed E-state index contributed by atoms with van der Waals surface area (Å²) >= 11 is 2.30. The van der Waals surface area contributed by atoms with Gasteiger partial charge in [-0.1, -0.05) is 0 Å². The van der Waals surface area contributed by atoms with E-state index < -0.39 is 0 Å². The first-order valence-electron chi connectivity index (χ1n) is 4.97. The number of hydrogen-bond donors (Lipinski definition) is 1. The van der Waals surface area contributed by atoms with E-state index in [0.717, 1.165) is 18.8 Å². The number of hydrogen-bond acceptors (Lipinski definition) is 2. The van der Waals surface area contributed by atoms with Crippen LogP contribution in [0.3, 0.4) is 0 Å². The molecule has 0 aliphatic carbocycles. The normalized spacial score (nSPS) is 21.9. The van der Waals surface area contributed by atoms with Crippen LogP contribution >= 0.6 is 22.6 Å². The third kappa shape index (κ3) is 2.85. The molecule has 1 heterocycles. The summed E-state index contributed by atoms with van der Waals surface area (Å²) in [5.41, 5.74) is 0. The lowest BCUT2D eigenvalue weighted by atomic mass is 10.1. The predicted molar refractivity (Wildman–Crippen MR) is 65.7 cm³/mol. The summed E-state index contributed by atoms with van der Waals surface area (Å²) in [6.45, 7) is 2.11. The Morgan fingerprint density at radius 2 is 2.07 bits per heavy atom. The van der Waals surface area contributed by atoms with Gasteiger partial charge in [-0.2, -0.15) is 0 Å². The average molecular weight is 303 g/mol. The van der Waals surface area contributed by atoms with Gasteiger partial charge in [-0.25, -0.2) is 0 Å². The van der Waals surface area contributed by atoms with Gasteiger partial charge < -0.3 is 10.1 Å². The zero-order valence-corrected chi connectivity index (χ0v) is 10.2. The third-order valence-corrected chi connectivity index (χ3v) is 3.09. The van der Waals surface area contributed by atoms with Crippen molar-refractivity contribution in [1.29, 1.82) is 0 Å². The molecule has 1 N–H and O–H groups in total. The lowest BCUT2D eigenvalue weighted by Crippen LogP contribution is -2.37. The maximum Gasteiger partial charge on any atom is 0.119 e. The van der Waals surface area contributed by atoms with Crippen LogP contribution in [0.25, 0.3) is 0 Å². The largest absolute Gasteiger partial charge is 0.489 e. The quantitative estimate of drug-likeness (QED) is 0.847. The molecule has 0 amide bonds. The van der Waals surface area contributed by atoms with Crippen molar-refractivity contribution in [3.63, 3.8) is 0 Å². The second-order valence-corrected chi connectivity index (χ2v) is 4.79. The maximum atomic E-state index is 5.84. The lowest BCUT2D eigenvalue weighted by molar-refractivity contribution is 0.167. The van der Waals surface area contributed by atoms with Gasteiger partial charge in [0.15, 0.2) is 0 Å². The van der Waals surface area contributed by atoms with Crippen molar-refractivity contribution in [1.82, 2.24) is 5.32 Å². The molecule has 1 aromatic rings. The highest BCUT2D eigenvalue weighted by molar-refractivity contribution is 14.1. The first-order valence-corrected chi connectivity index (χ1v) is 6.05. The second-order valence-electron chi connectivity index (χ2n) is 3.54. The Bertz CT molecular complexity index is 280. The van der Waals surface area contributed by atoms with Crippen LogP contribution in [-0.2, 0) is 0 Å². The Hall–Kier alpha value is -0.290. The van der Waals surface area contributed by atoms with Crippen molar-refractivity contribution < 1.29 is 4.74 Å². The fourth-order valence-electron chi connectivity index (χ4n) is 1.63. The van der Waals surface area contributed by atoms with E-state index in [1.807, 2.05) is 12.1 Å². The van der Waals surface area contributed by atoms with Crippen LogP contribution in [0, 0.1) is 3.57 Å². The van der Waals surface area contributed by atoms with Gasteiger partial charge in [0.1, 0.15) is 11.9 Å². The fraction of sp³-hybridized carbons (Fsp3) is 0.455. The zero-order valence-electron chi connectivity index (χ0n) is 8.00. The number of ether oxygens (including phenoxy) is 1. The Labute approximate surface area is 98.2 Å². The Morgan fingerprint density at radius 1 is 1.29 bits per heavy atom. The van der Waals surface area contributed by atoms with Crippen LogP contribution in [0.15, 0.2) is 24.3 Å². The Kier molecular flexibility index (Phi) is 3.64. The van der Waals surface area contributed by atoms with Gasteiger partial charge in [0.25, 0.3) is 0 Å². The van der Waals surface area contributed by atoms with Crippen LogP contribution in [0.5, 0.6) is 5.75 Å². The molecule has 1 aliphatic heterocycles. The Balaban J connectivity index is 1.92. The number of rotatable bonds is 2. The van der Waals surface area contributed by atoms with Crippen LogP contribution in [-0.4, -0.2) is 19.2 Å². The molecule has 0 aromatic heterocycles. The molecular weight excluding hydrogens is 289 g/mol. The third-order valence-electron chi connectivity index (χ3n) is 2.37. The van der Waals surface area contributed by atoms with E-state index in [-0.39, 0.29) is 0 Å². The molecule has 1 fully saturated rings. The van der Waals surface area contributed by atoms with E-state index in [9.17, 15) is 0 Å². The van der Waals surface area contributed by atoms with Gasteiger partial charge >= 0.3 is 0 Å². The maximum absolute atomic E-state index is 5.84. The highest BCUT2D eigenvalue weighted by Gasteiger charge is 2.13. The van der Waals surface area contributed by atoms with Crippen molar-refractivity contribution in [3.05, 3.63) is 27.8 Å². The zero-order chi connectivity index (χ0) is 9.80. The molecule has 1 saturated heterocycles. The van der Waals surface area contributed by atoms with E-state index >= 15 is 0 Å². The minimum atomic E-state index is 0.351. The van der Waals surface area contributed by atoms with Gasteiger partial charge in [-0.15, -0.1) is 0 Å². The fourth-order valence-corrected chi connectivity index (χ4v) is 1.99. The minimum absolute atomic E-state index is 0.351. The van der Waals surface area contributed by atoms with E-state index in [4.69, 9.17) is 4.74 Å². The molecular formula is C11H14INO. The summed E-state index contributed by atoms with van der Waals surface area (Å²) in [7, 11) is 0. The van der Waals surface area contributed by atoms with Gasteiger partial charge in [0, 0.05) is 10.1 Å². The minimum Gasteiger partial charge on any atom is -0.489 e. The number of piperidine rings is 1. The molecule has 0 saturated carbocycles. The summed E-state index contributed by atoms with van der Waals surface area (Å²) in [6.07, 6.45) is 2.73. The topological polar surface area (TPSA) is 21.3 Å². The predicted octanol–water partition coefficient (Wildman–Crippen LogP) is 2.42. The SMILES string of the molecule is Ic1ccc(O[C@@H]2CCCNC2)cc1. The molecule has 76 valence electrons. The standard InChI is InChI=1S/C11H14INO/c12-9-3-5-10(6-4-9)14-11-2-1-7-13-8-11/h3-6,11,13H,1-2,7-8H2/t11-/m1/s1. The monoisotopic (exact) mass is 303 g/mol. The summed E-state index contributed by atoms with van der Waals surface area (Å²) in [6, 6.07) is 8.23. The molecule has 0 spiro atoms. The van der Waals surface area contributed by atoms with E-state index in [1.54, 1.807) is 0 Å². The highest BCUT2D eigenvalue weighted by atomic mass is 127. The lowest BCUT2D eigenvalue weighted by Gasteiger charge is -2.23. The summed E-state index contributed by atoms with van der Waals surface area (Å²) in [5, 5.41) is 3.34. The number of benzene rings is 1. The van der Waals surface area contributed by atoms with Crippen LogP contribution in [0.1, 0.15) is 12.8 Å². The molecule has 2 rings (SSSR count). The highest BCUT2D eigenvalue weighted by Crippen LogP contribution is 2.17. The molecule has 1 aliphatic rings.